The average molecular weight is 365 g/mol. The van der Waals surface area contributed by atoms with Crippen LogP contribution in [-0.4, -0.2) is 20.9 Å². The van der Waals surface area contributed by atoms with Gasteiger partial charge in [0.05, 0.1) is 5.56 Å². The van der Waals surface area contributed by atoms with E-state index in [1.54, 1.807) is 18.5 Å². The van der Waals surface area contributed by atoms with Gasteiger partial charge >= 0.3 is 0 Å². The monoisotopic (exact) mass is 365 g/mol. The van der Waals surface area contributed by atoms with Gasteiger partial charge in [0.2, 0.25) is 5.91 Å². The molecule has 0 saturated heterocycles. The Hall–Kier alpha value is -4.24. The van der Waals surface area contributed by atoms with Crippen LogP contribution < -0.4 is 5.32 Å². The number of nitrogens with one attached hydrogen (secondary N) is 2. The minimum atomic E-state index is -0.261. The first-order valence-electron chi connectivity index (χ1n) is 8.54. The summed E-state index contributed by atoms with van der Waals surface area (Å²) in [6.07, 6.45) is 8.13. The fourth-order valence-corrected chi connectivity index (χ4v) is 3.02. The number of anilines is 1. The van der Waals surface area contributed by atoms with Crippen LogP contribution in [0.2, 0.25) is 0 Å². The van der Waals surface area contributed by atoms with Crippen LogP contribution in [0.1, 0.15) is 5.56 Å². The number of fused-ring (bicyclic) bond motifs is 1. The highest BCUT2D eigenvalue weighted by molar-refractivity contribution is 5.99. The zero-order valence-electron chi connectivity index (χ0n) is 14.8. The summed E-state index contributed by atoms with van der Waals surface area (Å²) in [5, 5.41) is 12.8. The Morgan fingerprint density at radius 2 is 2.04 bits per heavy atom. The van der Waals surface area contributed by atoms with Gasteiger partial charge in [-0.2, -0.15) is 5.26 Å². The van der Waals surface area contributed by atoms with Gasteiger partial charge in [-0.3, -0.25) is 9.78 Å². The van der Waals surface area contributed by atoms with Crippen LogP contribution >= 0.6 is 0 Å². The van der Waals surface area contributed by atoms with Gasteiger partial charge in [-0.15, -0.1) is 0 Å². The van der Waals surface area contributed by atoms with Crippen molar-refractivity contribution in [2.24, 2.45) is 0 Å². The van der Waals surface area contributed by atoms with Gasteiger partial charge in [0.15, 0.2) is 0 Å². The third kappa shape index (κ3) is 3.24. The van der Waals surface area contributed by atoms with Crippen LogP contribution in [0.3, 0.4) is 0 Å². The fraction of sp³-hybridized carbons (Fsp3) is 0. The lowest BCUT2D eigenvalue weighted by Crippen LogP contribution is -2.06. The fourth-order valence-electron chi connectivity index (χ4n) is 3.02. The zero-order valence-corrected chi connectivity index (χ0v) is 14.8. The average Bonchev–Trinajstić information content (AvgIpc) is 3.17. The van der Waals surface area contributed by atoms with Crippen molar-refractivity contribution in [3.8, 4) is 28.3 Å². The Bertz CT molecular complexity index is 1250. The number of hydrogen-bond acceptors (Lipinski definition) is 4. The van der Waals surface area contributed by atoms with E-state index in [0.717, 1.165) is 33.3 Å². The van der Waals surface area contributed by atoms with Gasteiger partial charge in [0.25, 0.3) is 0 Å². The van der Waals surface area contributed by atoms with E-state index in [0.29, 0.717) is 11.3 Å². The number of amides is 1. The molecule has 3 aromatic heterocycles. The van der Waals surface area contributed by atoms with Gasteiger partial charge < -0.3 is 10.3 Å². The summed E-state index contributed by atoms with van der Waals surface area (Å²) in [7, 11) is 0. The maximum absolute atomic E-state index is 11.5. The molecule has 0 bridgehead atoms. The van der Waals surface area contributed by atoms with E-state index in [-0.39, 0.29) is 5.91 Å². The summed E-state index contributed by atoms with van der Waals surface area (Å²) in [5.41, 5.74) is 5.53. The van der Waals surface area contributed by atoms with Gasteiger partial charge in [-0.1, -0.05) is 18.7 Å². The van der Waals surface area contributed by atoms with E-state index < -0.39 is 0 Å². The predicted molar refractivity (Wildman–Crippen MR) is 108 cm³/mol. The molecule has 0 aliphatic heterocycles. The van der Waals surface area contributed by atoms with E-state index in [4.69, 9.17) is 5.26 Å². The van der Waals surface area contributed by atoms with Crippen LogP contribution in [0.25, 0.3) is 33.3 Å². The van der Waals surface area contributed by atoms with Gasteiger partial charge in [0.1, 0.15) is 11.7 Å². The van der Waals surface area contributed by atoms with E-state index in [1.165, 1.54) is 12.3 Å². The summed E-state index contributed by atoms with van der Waals surface area (Å²) in [5.74, 6) is -0.261. The molecule has 0 saturated carbocycles. The molecule has 3 heterocycles. The van der Waals surface area contributed by atoms with Crippen molar-refractivity contribution in [2.45, 2.75) is 0 Å². The summed E-state index contributed by atoms with van der Waals surface area (Å²) in [6.45, 7) is 3.47. The second-order valence-electron chi connectivity index (χ2n) is 6.17. The second-order valence-corrected chi connectivity index (χ2v) is 6.17. The van der Waals surface area contributed by atoms with Crippen molar-refractivity contribution in [1.82, 2.24) is 15.0 Å². The molecule has 6 nitrogen and oxygen atoms in total. The maximum atomic E-state index is 11.5. The summed E-state index contributed by atoms with van der Waals surface area (Å²) < 4.78 is 0. The van der Waals surface area contributed by atoms with Crippen LogP contribution in [0, 0.1) is 11.3 Å². The number of nitriles is 1. The number of rotatable bonds is 4. The number of aromatic amines is 1. The number of benzene rings is 1. The molecule has 28 heavy (non-hydrogen) atoms. The molecular formula is C22H15N5O. The first kappa shape index (κ1) is 17.2. The Kier molecular flexibility index (Phi) is 4.40. The molecule has 0 fully saturated rings. The van der Waals surface area contributed by atoms with E-state index in [2.05, 4.69) is 32.9 Å². The van der Waals surface area contributed by atoms with Crippen LogP contribution in [0.4, 0.5) is 5.69 Å². The highest BCUT2D eigenvalue weighted by Crippen LogP contribution is 2.31. The topological polar surface area (TPSA) is 94.5 Å². The van der Waals surface area contributed by atoms with Crippen LogP contribution in [-0.2, 0) is 4.79 Å². The number of pyridine rings is 2. The van der Waals surface area contributed by atoms with Crippen molar-refractivity contribution in [1.29, 1.82) is 5.26 Å². The maximum Gasteiger partial charge on any atom is 0.247 e. The Morgan fingerprint density at radius 3 is 2.86 bits per heavy atom. The molecule has 1 aromatic carbocycles. The van der Waals surface area contributed by atoms with Gasteiger partial charge in [0, 0.05) is 52.6 Å². The standard InChI is InChI=1S/C22H15N5O/c1-2-21(28)27-18-5-3-4-15(7-18)16-8-19-20(13-26-22(19)25-12-16)17-6-14(9-23)10-24-11-17/h2-8,10-13H,1H2,(H,25,26)(H,27,28). The molecule has 134 valence electrons. The molecule has 0 aliphatic rings. The Balaban J connectivity index is 1.78. The number of carbonyl (C=O) groups excluding carboxylic acids is 1. The molecule has 2 N–H and O–H groups in total. The predicted octanol–water partition coefficient (Wildman–Crippen LogP) is 4.29. The molecule has 0 atom stereocenters. The second kappa shape index (κ2) is 7.17. The molecule has 0 unspecified atom stereocenters. The largest absolute Gasteiger partial charge is 0.346 e. The van der Waals surface area contributed by atoms with E-state index in [1.807, 2.05) is 36.5 Å². The van der Waals surface area contributed by atoms with Crippen molar-refractivity contribution >= 4 is 22.6 Å². The third-order valence-electron chi connectivity index (χ3n) is 4.36. The quantitative estimate of drug-likeness (QED) is 0.528. The highest BCUT2D eigenvalue weighted by Gasteiger charge is 2.10. The van der Waals surface area contributed by atoms with Crippen molar-refractivity contribution < 1.29 is 4.79 Å². The van der Waals surface area contributed by atoms with Crippen molar-refractivity contribution in [3.05, 3.63) is 79.4 Å². The summed E-state index contributed by atoms with van der Waals surface area (Å²) in [4.78, 5) is 23.4. The smallest absolute Gasteiger partial charge is 0.247 e. The highest BCUT2D eigenvalue weighted by atomic mass is 16.1. The van der Waals surface area contributed by atoms with E-state index in [9.17, 15) is 4.79 Å². The Labute approximate surface area is 161 Å². The van der Waals surface area contributed by atoms with Crippen LogP contribution in [0.15, 0.2) is 73.8 Å². The van der Waals surface area contributed by atoms with Crippen molar-refractivity contribution in [2.75, 3.05) is 5.32 Å². The molecular weight excluding hydrogens is 350 g/mol. The molecule has 6 heteroatoms. The first-order valence-corrected chi connectivity index (χ1v) is 8.54. The zero-order chi connectivity index (χ0) is 19.5. The number of nitrogens with zero attached hydrogens (tertiary/aromatic N) is 3. The first-order chi connectivity index (χ1) is 13.7. The number of hydrogen-bond donors (Lipinski definition) is 2. The van der Waals surface area contributed by atoms with Crippen LogP contribution in [0.5, 0.6) is 0 Å². The molecule has 0 radical (unpaired) electrons. The number of H-pyrrole nitrogens is 1. The molecule has 1 amide bonds. The normalized spacial score (nSPS) is 10.4. The van der Waals surface area contributed by atoms with Crippen molar-refractivity contribution in [3.63, 3.8) is 0 Å². The lowest BCUT2D eigenvalue weighted by molar-refractivity contribution is -0.111. The third-order valence-corrected chi connectivity index (χ3v) is 4.36. The number of aromatic nitrogens is 3. The lowest BCUT2D eigenvalue weighted by atomic mass is 10.0. The van der Waals surface area contributed by atoms with Gasteiger partial charge in [-0.25, -0.2) is 4.98 Å². The summed E-state index contributed by atoms with van der Waals surface area (Å²) in [6, 6.07) is 13.5. The molecule has 0 spiro atoms. The molecule has 0 aliphatic carbocycles. The number of carbonyl (C=O) groups is 1. The summed E-state index contributed by atoms with van der Waals surface area (Å²) >= 11 is 0. The molecule has 4 aromatic rings. The lowest BCUT2D eigenvalue weighted by Gasteiger charge is -2.07. The van der Waals surface area contributed by atoms with E-state index >= 15 is 0 Å². The minimum absolute atomic E-state index is 0.261. The minimum Gasteiger partial charge on any atom is -0.346 e. The molecule has 4 rings (SSSR count). The van der Waals surface area contributed by atoms with Gasteiger partial charge in [-0.05, 0) is 35.9 Å². The SMILES string of the molecule is C=CC(=O)Nc1cccc(-c2cnc3[nH]cc(-c4cncc(C#N)c4)c3c2)c1. The Morgan fingerprint density at radius 1 is 1.14 bits per heavy atom.